The molecule has 26 heavy (non-hydrogen) atoms. The Morgan fingerprint density at radius 2 is 2.15 bits per heavy atom. The number of ether oxygens (including phenoxy) is 1. The molecule has 6 heteroatoms. The third kappa shape index (κ3) is 3.66. The molecule has 1 atom stereocenters. The zero-order chi connectivity index (χ0) is 18.7. The molecule has 3 rings (SSSR count). The van der Waals surface area contributed by atoms with Crippen molar-refractivity contribution in [2.75, 3.05) is 23.9 Å². The summed E-state index contributed by atoms with van der Waals surface area (Å²) in [6.07, 6.45) is 5.50. The third-order valence-electron chi connectivity index (χ3n) is 4.22. The molecule has 0 aliphatic carbocycles. The Bertz CT molecular complexity index is 904. The molecule has 5 nitrogen and oxygen atoms in total. The molecule has 2 aromatic rings. The fourth-order valence-electron chi connectivity index (χ4n) is 2.92. The number of terminal acetylenes is 1. The molecule has 1 aliphatic heterocycles. The molecular formula is C20H17ClN2O3. The molecule has 2 amide bonds. The lowest BCUT2D eigenvalue weighted by molar-refractivity contribution is -0.122. The lowest BCUT2D eigenvalue weighted by atomic mass is 10.1. The molecule has 0 radical (unpaired) electrons. The number of rotatable bonds is 4. The monoisotopic (exact) mass is 368 g/mol. The molecule has 0 aromatic heterocycles. The minimum atomic E-state index is -0.472. The fourth-order valence-corrected chi connectivity index (χ4v) is 3.09. The topological polar surface area (TPSA) is 58.6 Å². The summed E-state index contributed by atoms with van der Waals surface area (Å²) in [6.45, 7) is 0.260. The average molecular weight is 369 g/mol. The number of methoxy groups -OCH3 is 1. The van der Waals surface area contributed by atoms with Crippen LogP contribution in [0.5, 0.6) is 5.75 Å². The third-order valence-corrected chi connectivity index (χ3v) is 4.46. The molecule has 0 spiro atoms. The molecule has 132 valence electrons. The molecule has 1 saturated heterocycles. The van der Waals surface area contributed by atoms with E-state index in [9.17, 15) is 9.59 Å². The van der Waals surface area contributed by atoms with E-state index in [2.05, 4.69) is 11.2 Å². The van der Waals surface area contributed by atoms with E-state index < -0.39 is 5.92 Å². The van der Waals surface area contributed by atoms with Crippen molar-refractivity contribution in [2.24, 2.45) is 5.92 Å². The van der Waals surface area contributed by atoms with Crippen molar-refractivity contribution in [3.05, 3.63) is 53.1 Å². The Labute approximate surface area is 156 Å². The van der Waals surface area contributed by atoms with Gasteiger partial charge in [-0.15, -0.1) is 6.42 Å². The number of hydrogen-bond acceptors (Lipinski definition) is 3. The quantitative estimate of drug-likeness (QED) is 0.842. The van der Waals surface area contributed by atoms with E-state index in [1.54, 1.807) is 42.5 Å². The van der Waals surface area contributed by atoms with Crippen LogP contribution in [0, 0.1) is 18.3 Å². The first kappa shape index (κ1) is 17.8. The minimum Gasteiger partial charge on any atom is -0.495 e. The van der Waals surface area contributed by atoms with Gasteiger partial charge < -0.3 is 15.0 Å². The van der Waals surface area contributed by atoms with Crippen molar-refractivity contribution in [3.63, 3.8) is 0 Å². The van der Waals surface area contributed by atoms with Gasteiger partial charge in [-0.2, -0.15) is 0 Å². The summed E-state index contributed by atoms with van der Waals surface area (Å²) in [5.41, 5.74) is 1.85. The number of carbonyl (C=O) groups excluding carboxylic acids is 2. The highest BCUT2D eigenvalue weighted by molar-refractivity contribution is 6.31. The normalized spacial score (nSPS) is 16.3. The van der Waals surface area contributed by atoms with Gasteiger partial charge in [0.25, 0.3) is 0 Å². The Morgan fingerprint density at radius 3 is 2.88 bits per heavy atom. The van der Waals surface area contributed by atoms with Crippen LogP contribution >= 0.6 is 11.6 Å². The molecule has 0 bridgehead atoms. The lowest BCUT2D eigenvalue weighted by Crippen LogP contribution is -2.28. The summed E-state index contributed by atoms with van der Waals surface area (Å²) < 4.78 is 5.31. The highest BCUT2D eigenvalue weighted by Crippen LogP contribution is 2.35. The SMILES string of the molecule is C#Cc1cccc(NC(=O)C2CC(=O)N(c3cc(Cl)ccc3OC)C2)c1. The van der Waals surface area contributed by atoms with Gasteiger partial charge in [0.1, 0.15) is 5.75 Å². The van der Waals surface area contributed by atoms with Gasteiger partial charge in [0, 0.05) is 29.2 Å². The van der Waals surface area contributed by atoms with Gasteiger partial charge in [0.2, 0.25) is 11.8 Å². The number of carbonyl (C=O) groups is 2. The van der Waals surface area contributed by atoms with E-state index in [0.717, 1.165) is 0 Å². The van der Waals surface area contributed by atoms with Crippen LogP contribution < -0.4 is 15.0 Å². The van der Waals surface area contributed by atoms with Crippen molar-refractivity contribution < 1.29 is 14.3 Å². The lowest BCUT2D eigenvalue weighted by Gasteiger charge is -2.20. The van der Waals surface area contributed by atoms with Gasteiger partial charge in [-0.25, -0.2) is 0 Å². The predicted molar refractivity (Wildman–Crippen MR) is 101 cm³/mol. The van der Waals surface area contributed by atoms with Crippen molar-refractivity contribution in [2.45, 2.75) is 6.42 Å². The van der Waals surface area contributed by atoms with E-state index in [0.29, 0.717) is 27.7 Å². The van der Waals surface area contributed by atoms with Crippen LogP contribution in [0.4, 0.5) is 11.4 Å². The Kier molecular flexibility index (Phi) is 5.15. The first-order chi connectivity index (χ1) is 12.5. The maximum absolute atomic E-state index is 12.6. The number of nitrogens with one attached hydrogen (secondary N) is 1. The predicted octanol–water partition coefficient (Wildman–Crippen LogP) is 3.32. The highest BCUT2D eigenvalue weighted by atomic mass is 35.5. The number of halogens is 1. The van der Waals surface area contributed by atoms with E-state index in [-0.39, 0.29) is 24.8 Å². The first-order valence-electron chi connectivity index (χ1n) is 8.03. The van der Waals surface area contributed by atoms with Crippen molar-refractivity contribution in [1.29, 1.82) is 0 Å². The highest BCUT2D eigenvalue weighted by Gasteiger charge is 2.36. The first-order valence-corrected chi connectivity index (χ1v) is 8.41. The zero-order valence-electron chi connectivity index (χ0n) is 14.2. The number of nitrogens with zero attached hydrogens (tertiary/aromatic N) is 1. The second kappa shape index (κ2) is 7.51. The van der Waals surface area contributed by atoms with E-state index >= 15 is 0 Å². The van der Waals surface area contributed by atoms with Gasteiger partial charge in [0.05, 0.1) is 18.7 Å². The van der Waals surface area contributed by atoms with Gasteiger partial charge in [-0.1, -0.05) is 23.6 Å². The summed E-state index contributed by atoms with van der Waals surface area (Å²) in [5.74, 6) is 2.21. The van der Waals surface area contributed by atoms with Crippen LogP contribution in [-0.2, 0) is 9.59 Å². The van der Waals surface area contributed by atoms with Gasteiger partial charge >= 0.3 is 0 Å². The number of anilines is 2. The molecule has 2 aromatic carbocycles. The summed E-state index contributed by atoms with van der Waals surface area (Å²) >= 11 is 6.05. The van der Waals surface area contributed by atoms with Gasteiger partial charge in [0.15, 0.2) is 0 Å². The Balaban J connectivity index is 1.76. The summed E-state index contributed by atoms with van der Waals surface area (Å²) in [7, 11) is 1.52. The number of hydrogen-bond donors (Lipinski definition) is 1. The molecule has 0 saturated carbocycles. The minimum absolute atomic E-state index is 0.121. The van der Waals surface area contributed by atoms with Crippen LogP contribution in [-0.4, -0.2) is 25.5 Å². The van der Waals surface area contributed by atoms with Crippen molar-refractivity contribution >= 4 is 34.8 Å². The van der Waals surface area contributed by atoms with Crippen LogP contribution in [0.3, 0.4) is 0 Å². The second-order valence-corrected chi connectivity index (χ2v) is 6.37. The summed E-state index contributed by atoms with van der Waals surface area (Å²) in [5, 5.41) is 3.31. The Hall–Kier alpha value is -2.97. The van der Waals surface area contributed by atoms with Gasteiger partial charge in [-0.3, -0.25) is 9.59 Å². The molecular weight excluding hydrogens is 352 g/mol. The summed E-state index contributed by atoms with van der Waals surface area (Å²) in [6, 6.07) is 12.1. The maximum atomic E-state index is 12.6. The number of benzene rings is 2. The van der Waals surface area contributed by atoms with Crippen molar-refractivity contribution in [3.8, 4) is 18.1 Å². The average Bonchev–Trinajstić information content (AvgIpc) is 3.03. The zero-order valence-corrected chi connectivity index (χ0v) is 14.9. The Morgan fingerprint density at radius 1 is 1.35 bits per heavy atom. The molecule has 1 aliphatic rings. The molecule has 1 N–H and O–H groups in total. The standard InChI is InChI=1S/C20H17ClN2O3/c1-3-13-5-4-6-16(9-13)22-20(25)14-10-19(24)23(12-14)17-11-15(21)7-8-18(17)26-2/h1,4-9,11,14H,10,12H2,2H3,(H,22,25). The van der Waals surface area contributed by atoms with Crippen LogP contribution in [0.2, 0.25) is 5.02 Å². The van der Waals surface area contributed by atoms with Crippen LogP contribution in [0.15, 0.2) is 42.5 Å². The fraction of sp³-hybridized carbons (Fsp3) is 0.200. The van der Waals surface area contributed by atoms with E-state index in [1.165, 1.54) is 12.0 Å². The maximum Gasteiger partial charge on any atom is 0.229 e. The summed E-state index contributed by atoms with van der Waals surface area (Å²) in [4.78, 5) is 26.5. The molecule has 1 fully saturated rings. The van der Waals surface area contributed by atoms with E-state index in [4.69, 9.17) is 22.8 Å². The van der Waals surface area contributed by atoms with Gasteiger partial charge in [-0.05, 0) is 36.4 Å². The smallest absolute Gasteiger partial charge is 0.229 e. The van der Waals surface area contributed by atoms with Crippen LogP contribution in [0.1, 0.15) is 12.0 Å². The molecule has 1 heterocycles. The van der Waals surface area contributed by atoms with Crippen molar-refractivity contribution in [1.82, 2.24) is 0 Å². The van der Waals surface area contributed by atoms with E-state index in [1.807, 2.05) is 0 Å². The van der Waals surface area contributed by atoms with Crippen LogP contribution in [0.25, 0.3) is 0 Å². The largest absolute Gasteiger partial charge is 0.495 e. The second-order valence-electron chi connectivity index (χ2n) is 5.94. The number of amides is 2. The molecule has 1 unspecified atom stereocenters.